The number of fused-ring (bicyclic) bond motifs is 1. The first-order valence-corrected chi connectivity index (χ1v) is 8.80. The van der Waals surface area contributed by atoms with E-state index in [2.05, 4.69) is 15.9 Å². The zero-order chi connectivity index (χ0) is 16.7. The van der Waals surface area contributed by atoms with E-state index in [1.807, 2.05) is 25.1 Å². The molecule has 1 aromatic carbocycles. The van der Waals surface area contributed by atoms with Crippen molar-refractivity contribution >= 4 is 33.6 Å². The summed E-state index contributed by atoms with van der Waals surface area (Å²) in [6.07, 6.45) is 2.70. The fourth-order valence-electron chi connectivity index (χ4n) is 3.76. The molecule has 1 aliphatic carbocycles. The minimum Gasteiger partial charge on any atom is -0.465 e. The summed E-state index contributed by atoms with van der Waals surface area (Å²) in [5, 5.41) is 9.75. The van der Waals surface area contributed by atoms with E-state index in [0.717, 1.165) is 35.0 Å². The van der Waals surface area contributed by atoms with E-state index in [-0.39, 0.29) is 24.0 Å². The van der Waals surface area contributed by atoms with Crippen LogP contribution in [-0.2, 0) is 4.79 Å². The van der Waals surface area contributed by atoms with Crippen LogP contribution in [0.5, 0.6) is 0 Å². The van der Waals surface area contributed by atoms with Crippen LogP contribution in [0.15, 0.2) is 22.7 Å². The standard InChI is InChI=1S/C17H21BrN2O3/c1-10-8-16(20(17(22)23)13-4-3-5-13)14-9-12(18)6-7-15(14)19(10)11(2)21/h6-7,9-10,13,16H,3-5,8H2,1-2H3,(H,22,23)/t10-,16+/m1/s1. The van der Waals surface area contributed by atoms with Crippen molar-refractivity contribution in [1.82, 2.24) is 4.90 Å². The Morgan fingerprint density at radius 3 is 2.57 bits per heavy atom. The van der Waals surface area contributed by atoms with Crippen molar-refractivity contribution in [3.05, 3.63) is 28.2 Å². The van der Waals surface area contributed by atoms with Gasteiger partial charge in [0.2, 0.25) is 5.91 Å². The van der Waals surface area contributed by atoms with E-state index < -0.39 is 6.09 Å². The molecule has 3 rings (SSSR count). The highest BCUT2D eigenvalue weighted by Crippen LogP contribution is 2.44. The van der Waals surface area contributed by atoms with Crippen molar-refractivity contribution in [3.8, 4) is 0 Å². The zero-order valence-corrected chi connectivity index (χ0v) is 14.9. The van der Waals surface area contributed by atoms with Crippen molar-refractivity contribution in [2.45, 2.75) is 57.7 Å². The Morgan fingerprint density at radius 1 is 1.35 bits per heavy atom. The Labute approximate surface area is 144 Å². The van der Waals surface area contributed by atoms with Gasteiger partial charge in [-0.2, -0.15) is 0 Å². The van der Waals surface area contributed by atoms with Gasteiger partial charge in [-0.15, -0.1) is 0 Å². The summed E-state index contributed by atoms with van der Waals surface area (Å²) in [5.41, 5.74) is 1.75. The van der Waals surface area contributed by atoms with Gasteiger partial charge in [-0.05, 0) is 56.4 Å². The van der Waals surface area contributed by atoms with E-state index >= 15 is 0 Å². The molecule has 1 aromatic rings. The first-order chi connectivity index (χ1) is 10.9. The Balaban J connectivity index is 2.07. The number of halogens is 1. The van der Waals surface area contributed by atoms with Gasteiger partial charge in [0.05, 0.1) is 6.04 Å². The lowest BCUT2D eigenvalue weighted by atomic mass is 9.85. The maximum Gasteiger partial charge on any atom is 0.408 e. The lowest BCUT2D eigenvalue weighted by molar-refractivity contribution is -0.117. The maximum absolute atomic E-state index is 12.1. The number of carboxylic acid groups (broad SMARTS) is 1. The van der Waals surface area contributed by atoms with Gasteiger partial charge in [-0.1, -0.05) is 15.9 Å². The van der Waals surface area contributed by atoms with Crippen molar-refractivity contribution in [2.75, 3.05) is 4.90 Å². The van der Waals surface area contributed by atoms with Crippen LogP contribution >= 0.6 is 15.9 Å². The molecule has 23 heavy (non-hydrogen) atoms. The third-order valence-electron chi connectivity index (χ3n) is 4.98. The van der Waals surface area contributed by atoms with Gasteiger partial charge < -0.3 is 10.0 Å². The molecule has 1 heterocycles. The Bertz CT molecular complexity index is 645. The number of hydrogen-bond acceptors (Lipinski definition) is 2. The van der Waals surface area contributed by atoms with Crippen molar-refractivity contribution in [3.63, 3.8) is 0 Å². The maximum atomic E-state index is 12.1. The molecule has 2 aliphatic rings. The smallest absolute Gasteiger partial charge is 0.408 e. The van der Waals surface area contributed by atoms with E-state index in [0.29, 0.717) is 6.42 Å². The van der Waals surface area contributed by atoms with Gasteiger partial charge in [0, 0.05) is 29.2 Å². The lowest BCUT2D eigenvalue weighted by Crippen LogP contribution is -2.51. The molecule has 124 valence electrons. The number of rotatable bonds is 2. The largest absolute Gasteiger partial charge is 0.465 e. The molecule has 0 aromatic heterocycles. The summed E-state index contributed by atoms with van der Waals surface area (Å²) >= 11 is 3.47. The van der Waals surface area contributed by atoms with Gasteiger partial charge in [0.1, 0.15) is 0 Å². The van der Waals surface area contributed by atoms with Crippen molar-refractivity contribution in [2.24, 2.45) is 0 Å². The molecule has 2 amide bonds. The van der Waals surface area contributed by atoms with Crippen LogP contribution in [0.2, 0.25) is 0 Å². The van der Waals surface area contributed by atoms with Crippen LogP contribution < -0.4 is 4.90 Å². The number of carbonyl (C=O) groups excluding carboxylic acids is 1. The van der Waals surface area contributed by atoms with Crippen LogP contribution in [0, 0.1) is 0 Å². The van der Waals surface area contributed by atoms with Gasteiger partial charge in [-0.25, -0.2) is 4.79 Å². The Morgan fingerprint density at radius 2 is 2.04 bits per heavy atom. The second kappa shape index (κ2) is 6.15. The summed E-state index contributed by atoms with van der Waals surface area (Å²) < 4.78 is 0.901. The molecule has 0 bridgehead atoms. The molecule has 1 N–H and O–H groups in total. The quantitative estimate of drug-likeness (QED) is 0.837. The molecule has 1 aliphatic heterocycles. The molecule has 1 fully saturated rings. The normalized spacial score (nSPS) is 23.9. The number of amides is 2. The van der Waals surface area contributed by atoms with Gasteiger partial charge >= 0.3 is 6.09 Å². The van der Waals surface area contributed by atoms with Gasteiger partial charge in [0.25, 0.3) is 0 Å². The zero-order valence-electron chi connectivity index (χ0n) is 13.3. The van der Waals surface area contributed by atoms with Crippen molar-refractivity contribution in [1.29, 1.82) is 0 Å². The Hall–Kier alpha value is -1.56. The number of nitrogens with zero attached hydrogens (tertiary/aromatic N) is 2. The average Bonchev–Trinajstić information content (AvgIpc) is 2.41. The summed E-state index contributed by atoms with van der Waals surface area (Å²) in [6.45, 7) is 3.55. The minimum atomic E-state index is -0.867. The van der Waals surface area contributed by atoms with E-state index in [4.69, 9.17) is 0 Å². The lowest BCUT2D eigenvalue weighted by Gasteiger charge is -2.46. The summed E-state index contributed by atoms with van der Waals surface area (Å²) in [6, 6.07) is 5.64. The fourth-order valence-corrected chi connectivity index (χ4v) is 4.14. The molecule has 0 unspecified atom stereocenters. The second-order valence-electron chi connectivity index (χ2n) is 6.47. The highest BCUT2D eigenvalue weighted by molar-refractivity contribution is 9.10. The van der Waals surface area contributed by atoms with E-state index in [9.17, 15) is 14.7 Å². The topological polar surface area (TPSA) is 60.9 Å². The third-order valence-corrected chi connectivity index (χ3v) is 5.47. The predicted octanol–water partition coefficient (Wildman–Crippen LogP) is 4.17. The number of anilines is 1. The molecule has 0 radical (unpaired) electrons. The van der Waals surface area contributed by atoms with Crippen molar-refractivity contribution < 1.29 is 14.7 Å². The van der Waals surface area contributed by atoms with E-state index in [1.54, 1.807) is 16.7 Å². The van der Waals surface area contributed by atoms with Crippen LogP contribution in [-0.4, -0.2) is 34.1 Å². The second-order valence-corrected chi connectivity index (χ2v) is 7.38. The third kappa shape index (κ3) is 2.84. The van der Waals surface area contributed by atoms with Gasteiger partial charge in [-0.3, -0.25) is 9.69 Å². The van der Waals surface area contributed by atoms with Gasteiger partial charge in [0.15, 0.2) is 0 Å². The van der Waals surface area contributed by atoms with Crippen LogP contribution in [0.3, 0.4) is 0 Å². The van der Waals surface area contributed by atoms with Crippen LogP contribution in [0.1, 0.15) is 51.1 Å². The average molecular weight is 381 g/mol. The summed E-state index contributed by atoms with van der Waals surface area (Å²) in [5.74, 6) is -0.00922. The first kappa shape index (κ1) is 16.3. The molecule has 5 nitrogen and oxygen atoms in total. The van der Waals surface area contributed by atoms with Crippen LogP contribution in [0.4, 0.5) is 10.5 Å². The first-order valence-electron chi connectivity index (χ1n) is 8.00. The fraction of sp³-hybridized carbons (Fsp3) is 0.529. The summed E-state index contributed by atoms with van der Waals surface area (Å²) in [7, 11) is 0. The molecular formula is C17H21BrN2O3. The molecule has 2 atom stereocenters. The molecule has 0 spiro atoms. The molecule has 6 heteroatoms. The predicted molar refractivity (Wildman–Crippen MR) is 91.6 cm³/mol. The van der Waals surface area contributed by atoms with Crippen LogP contribution in [0.25, 0.3) is 0 Å². The minimum absolute atomic E-state index is 0.00922. The number of hydrogen-bond donors (Lipinski definition) is 1. The number of benzene rings is 1. The summed E-state index contributed by atoms with van der Waals surface area (Å²) in [4.78, 5) is 27.3. The molecule has 1 saturated carbocycles. The highest BCUT2D eigenvalue weighted by Gasteiger charge is 2.41. The SMILES string of the molecule is CC(=O)N1c2ccc(Br)cc2[C@@H](N(C(=O)O)C2CCC2)C[C@H]1C. The molecular weight excluding hydrogens is 360 g/mol. The highest BCUT2D eigenvalue weighted by atomic mass is 79.9. The monoisotopic (exact) mass is 380 g/mol. The van der Waals surface area contributed by atoms with E-state index in [1.165, 1.54) is 0 Å². The molecule has 0 saturated heterocycles. The number of carbonyl (C=O) groups is 2. The Kier molecular flexibility index (Phi) is 4.36.